The second-order valence-electron chi connectivity index (χ2n) is 2.86. The third-order valence-electron chi connectivity index (χ3n) is 1.29. The number of carbonyl (C=O) groups is 1. The topological polar surface area (TPSA) is 124 Å². The third kappa shape index (κ3) is 15.2. The predicted octanol–water partition coefficient (Wildman–Crippen LogP) is 0.228. The quantitative estimate of drug-likeness (QED) is 0.205. The van der Waals surface area contributed by atoms with Gasteiger partial charge in [-0.15, -0.1) is 0 Å². The average Bonchev–Trinajstić information content (AvgIpc) is 2.18. The summed E-state index contributed by atoms with van der Waals surface area (Å²) in [5.41, 5.74) is -0.904. The summed E-state index contributed by atoms with van der Waals surface area (Å²) in [7, 11) is -4.35. The molecule has 0 rings (SSSR count). The van der Waals surface area contributed by atoms with Gasteiger partial charge in [-0.2, -0.15) is 12.6 Å². The lowest BCUT2D eigenvalue weighted by molar-refractivity contribution is -0.132. The Morgan fingerprint density at radius 1 is 1.47 bits per heavy atom. The van der Waals surface area contributed by atoms with Crippen molar-refractivity contribution in [1.29, 1.82) is 0 Å². The molecule has 0 aliphatic rings. The van der Waals surface area contributed by atoms with Crippen molar-refractivity contribution in [3.05, 3.63) is 5.70 Å². The Hall–Kier alpha value is -0.780. The van der Waals surface area contributed by atoms with Crippen LogP contribution in [-0.4, -0.2) is 38.8 Å². The minimum absolute atomic E-state index is 0.899. The van der Waals surface area contributed by atoms with Gasteiger partial charge in [0.1, 0.15) is 6.29 Å². The molecule has 0 heterocycles. The van der Waals surface area contributed by atoms with Crippen LogP contribution in [0.3, 0.4) is 0 Å². The van der Waals surface area contributed by atoms with Crippen molar-refractivity contribution in [1.82, 2.24) is 5.32 Å². The van der Waals surface area contributed by atoms with E-state index < -0.39 is 25.5 Å². The number of hydrogen-bond acceptors (Lipinski definition) is 5. The van der Waals surface area contributed by atoms with E-state index in [0.29, 0.717) is 0 Å². The Bertz CT molecular complexity index is 320. The van der Waals surface area contributed by atoms with Crippen LogP contribution in [0.25, 0.3) is 0 Å². The van der Waals surface area contributed by atoms with Gasteiger partial charge >= 0.3 is 13.6 Å². The van der Waals surface area contributed by atoms with Crippen LogP contribution in [-0.2, 0) is 14.2 Å². The molecular weight excluding hydrogens is 269 g/mol. The molecule has 9 heteroatoms. The molecule has 0 amide bonds. The number of aliphatic carboxylic acids is 1. The molecule has 0 aromatic heterocycles. The fourth-order valence-electron chi connectivity index (χ4n) is 0.496. The first kappa shape index (κ1) is 18.6. The zero-order valence-corrected chi connectivity index (χ0v) is 11.1. The van der Waals surface area contributed by atoms with Crippen molar-refractivity contribution in [2.75, 3.05) is 12.0 Å². The number of carboxylic acids is 1. The number of carbonyl (C=O) groups excluding carboxylic acids is 1. The van der Waals surface area contributed by atoms with Crippen LogP contribution in [0.15, 0.2) is 5.70 Å². The molecule has 0 spiro atoms. The van der Waals surface area contributed by atoms with E-state index in [9.17, 15) is 14.2 Å². The molecule has 0 fully saturated rings. The Kier molecular flexibility index (Phi) is 11.3. The molecule has 0 atom stereocenters. The van der Waals surface area contributed by atoms with Crippen LogP contribution in [0.4, 0.5) is 0 Å². The van der Waals surface area contributed by atoms with E-state index in [1.54, 1.807) is 5.32 Å². The average molecular weight is 285 g/mol. The molecule has 7 nitrogen and oxygen atoms in total. The van der Waals surface area contributed by atoms with Crippen LogP contribution in [0, 0.1) is 0 Å². The van der Waals surface area contributed by atoms with E-state index in [4.69, 9.17) is 14.9 Å². The molecule has 0 saturated carbocycles. The highest BCUT2D eigenvalue weighted by atomic mass is 32.1. The summed E-state index contributed by atoms with van der Waals surface area (Å²) in [4.78, 5) is 36.4. The van der Waals surface area contributed by atoms with E-state index >= 15 is 0 Å². The van der Waals surface area contributed by atoms with Crippen molar-refractivity contribution in [2.45, 2.75) is 19.8 Å². The first-order chi connectivity index (χ1) is 7.78. The molecule has 0 unspecified atom stereocenters. The fourth-order valence-corrected chi connectivity index (χ4v) is 1.18. The predicted molar refractivity (Wildman–Crippen MR) is 65.7 cm³/mol. The van der Waals surface area contributed by atoms with Gasteiger partial charge in [0.25, 0.3) is 0 Å². The van der Waals surface area contributed by atoms with Crippen molar-refractivity contribution in [3.8, 4) is 0 Å². The zero-order valence-electron chi connectivity index (χ0n) is 9.29. The maximum absolute atomic E-state index is 10.2. The third-order valence-corrected chi connectivity index (χ3v) is 2.18. The minimum Gasteiger partial charge on any atom is -0.476 e. The number of hydrogen-bond donors (Lipinski definition) is 5. The molecule has 100 valence electrons. The molecule has 0 saturated heterocycles. The summed E-state index contributed by atoms with van der Waals surface area (Å²) < 4.78 is 10.2. The Labute approximate surface area is 104 Å². The van der Waals surface area contributed by atoms with E-state index in [1.807, 2.05) is 0 Å². The van der Waals surface area contributed by atoms with Crippen molar-refractivity contribution >= 4 is 32.1 Å². The first-order valence-corrected chi connectivity index (χ1v) is 7.09. The lowest BCUT2D eigenvalue weighted by Gasteiger charge is -2.04. The Morgan fingerprint density at radius 2 is 2.00 bits per heavy atom. The molecule has 0 aromatic carbocycles. The van der Waals surface area contributed by atoms with Crippen LogP contribution in [0.2, 0.25) is 0 Å². The van der Waals surface area contributed by atoms with Crippen molar-refractivity contribution < 1.29 is 29.0 Å². The van der Waals surface area contributed by atoms with Gasteiger partial charge in [-0.1, -0.05) is 13.3 Å². The van der Waals surface area contributed by atoms with Gasteiger partial charge in [-0.3, -0.25) is 4.57 Å². The molecule has 0 bridgehead atoms. The summed E-state index contributed by atoms with van der Waals surface area (Å²) in [5.74, 6) is 0.412. The van der Waals surface area contributed by atoms with Gasteiger partial charge in [0.05, 0.1) is 0 Å². The number of unbranched alkanes of at least 4 members (excludes halogenated alkanes) is 1. The van der Waals surface area contributed by atoms with Gasteiger partial charge in [0.15, 0.2) is 5.94 Å². The maximum Gasteiger partial charge on any atom is 0.363 e. The summed E-state index contributed by atoms with van der Waals surface area (Å²) in [6, 6.07) is 0. The number of rotatable bonds is 6. The van der Waals surface area contributed by atoms with Crippen molar-refractivity contribution in [2.24, 2.45) is 0 Å². The van der Waals surface area contributed by atoms with Gasteiger partial charge in [0.2, 0.25) is 5.70 Å². The van der Waals surface area contributed by atoms with Gasteiger partial charge in [-0.25, -0.2) is 9.59 Å². The largest absolute Gasteiger partial charge is 0.476 e. The molecule has 0 aromatic rings. The van der Waals surface area contributed by atoms with Crippen molar-refractivity contribution in [3.63, 3.8) is 0 Å². The monoisotopic (exact) mass is 285 g/mol. The summed E-state index contributed by atoms with van der Waals surface area (Å²) >= 11 is 4.00. The summed E-state index contributed by atoms with van der Waals surface area (Å²) in [6.07, 6.45) is 1.62. The van der Waals surface area contributed by atoms with Crippen LogP contribution < -0.4 is 5.32 Å². The summed E-state index contributed by atoms with van der Waals surface area (Å²) in [5, 5.41) is 9.89. The van der Waals surface area contributed by atoms with Gasteiger partial charge < -0.3 is 20.2 Å². The SMILES string of the molecule is CCCCS.O=C=C(NCP(=O)(O)O)C(=O)O. The highest BCUT2D eigenvalue weighted by molar-refractivity contribution is 7.80. The molecule has 0 aliphatic carbocycles. The number of carboxylic acid groups (broad SMARTS) is 1. The van der Waals surface area contributed by atoms with Crippen LogP contribution in [0.5, 0.6) is 0 Å². The second-order valence-corrected chi connectivity index (χ2v) is 4.95. The summed E-state index contributed by atoms with van der Waals surface area (Å²) in [6.45, 7) is 2.16. The second kappa shape index (κ2) is 10.4. The smallest absolute Gasteiger partial charge is 0.363 e. The maximum atomic E-state index is 10.2. The molecule has 17 heavy (non-hydrogen) atoms. The lowest BCUT2D eigenvalue weighted by Crippen LogP contribution is -2.21. The van der Waals surface area contributed by atoms with E-state index in [1.165, 1.54) is 12.8 Å². The highest BCUT2D eigenvalue weighted by Crippen LogP contribution is 2.32. The molecule has 4 N–H and O–H groups in total. The van der Waals surface area contributed by atoms with Gasteiger partial charge in [-0.05, 0) is 12.2 Å². The Balaban J connectivity index is 0. The molecule has 0 aliphatic heterocycles. The van der Waals surface area contributed by atoms with Gasteiger partial charge in [0, 0.05) is 0 Å². The number of thiol groups is 1. The standard InChI is InChI=1S/C4H6NO6P.C4H10S/c6-1-3(4(7)8)5-2-12(9,10)11;1-2-3-4-5/h5H,2H2,(H,7,8)(H2,9,10,11);5H,2-4H2,1H3. The molecular formula is C8H16NO6PS. The first-order valence-electron chi connectivity index (χ1n) is 4.66. The van der Waals surface area contributed by atoms with E-state index in [-0.39, 0.29) is 0 Å². The lowest BCUT2D eigenvalue weighted by atomic mass is 10.4. The van der Waals surface area contributed by atoms with Crippen LogP contribution >= 0.6 is 20.2 Å². The Morgan fingerprint density at radius 3 is 2.18 bits per heavy atom. The van der Waals surface area contributed by atoms with E-state index in [2.05, 4.69) is 19.6 Å². The molecule has 0 radical (unpaired) electrons. The van der Waals surface area contributed by atoms with E-state index in [0.717, 1.165) is 11.7 Å². The number of nitrogens with one attached hydrogen (secondary N) is 1. The highest BCUT2D eigenvalue weighted by Gasteiger charge is 2.16. The van der Waals surface area contributed by atoms with Crippen LogP contribution in [0.1, 0.15) is 19.8 Å². The minimum atomic E-state index is -4.35. The zero-order chi connectivity index (χ0) is 13.9. The normalized spacial score (nSPS) is 9.65. The fraction of sp³-hybridized carbons (Fsp3) is 0.625.